The molecule has 1 aliphatic carbocycles. The van der Waals surface area contributed by atoms with Crippen molar-refractivity contribution < 1.29 is 9.53 Å². The van der Waals surface area contributed by atoms with E-state index in [-0.39, 0.29) is 11.9 Å². The van der Waals surface area contributed by atoms with Crippen molar-refractivity contribution in [2.24, 2.45) is 13.0 Å². The Kier molecular flexibility index (Phi) is 7.24. The van der Waals surface area contributed by atoms with Crippen molar-refractivity contribution in [3.8, 4) is 16.9 Å². The molecule has 7 heteroatoms. The monoisotopic (exact) mass is 501 g/mol. The summed E-state index contributed by atoms with van der Waals surface area (Å²) in [6.45, 7) is 11.5. The molecule has 0 spiro atoms. The zero-order chi connectivity index (χ0) is 26.1. The molecule has 2 aliphatic rings. The highest BCUT2D eigenvalue weighted by Gasteiger charge is 2.27. The predicted molar refractivity (Wildman–Crippen MR) is 148 cm³/mol. The number of piperazine rings is 1. The summed E-state index contributed by atoms with van der Waals surface area (Å²) >= 11 is 0. The third-order valence-electron chi connectivity index (χ3n) is 7.79. The molecule has 196 valence electrons. The molecule has 37 heavy (non-hydrogen) atoms. The zero-order valence-electron chi connectivity index (χ0n) is 22.8. The molecular weight excluding hydrogens is 462 g/mol. The molecule has 0 radical (unpaired) electrons. The van der Waals surface area contributed by atoms with E-state index in [0.29, 0.717) is 0 Å². The predicted octanol–water partition coefficient (Wildman–Crippen LogP) is 4.74. The Balaban J connectivity index is 1.30. The molecule has 5 rings (SSSR count). The summed E-state index contributed by atoms with van der Waals surface area (Å²) in [5.74, 6) is 1.67. The Morgan fingerprint density at radius 2 is 1.84 bits per heavy atom. The molecule has 2 fully saturated rings. The second-order valence-electron chi connectivity index (χ2n) is 10.7. The Morgan fingerprint density at radius 1 is 1.08 bits per heavy atom. The van der Waals surface area contributed by atoms with Gasteiger partial charge in [0, 0.05) is 68.3 Å². The quantitative estimate of drug-likeness (QED) is 0.483. The van der Waals surface area contributed by atoms with Crippen molar-refractivity contribution >= 4 is 11.6 Å². The smallest absolute Gasteiger partial charge is 0.252 e. The maximum absolute atomic E-state index is 13.4. The number of methoxy groups -OCH3 is 1. The normalized spacial score (nSPS) is 17.1. The van der Waals surface area contributed by atoms with Crippen LogP contribution in [0.3, 0.4) is 0 Å². The van der Waals surface area contributed by atoms with Gasteiger partial charge in [-0.3, -0.25) is 14.4 Å². The first kappa shape index (κ1) is 25.3. The minimum atomic E-state index is -0.164. The number of aromatic nitrogens is 2. The summed E-state index contributed by atoms with van der Waals surface area (Å²) in [5.41, 5.74) is 6.83. The van der Waals surface area contributed by atoms with Crippen LogP contribution in [0.1, 0.15) is 53.0 Å². The molecule has 2 aromatic carbocycles. The maximum atomic E-state index is 13.4. The van der Waals surface area contributed by atoms with Gasteiger partial charge in [0.25, 0.3) is 5.91 Å². The molecule has 1 amide bonds. The van der Waals surface area contributed by atoms with Crippen LogP contribution in [0.25, 0.3) is 11.1 Å². The highest BCUT2D eigenvalue weighted by molar-refractivity contribution is 5.97. The first-order chi connectivity index (χ1) is 17.8. The van der Waals surface area contributed by atoms with E-state index in [1.165, 1.54) is 19.4 Å². The van der Waals surface area contributed by atoms with Gasteiger partial charge in [-0.05, 0) is 74.9 Å². The van der Waals surface area contributed by atoms with Crippen molar-refractivity contribution in [1.29, 1.82) is 0 Å². The number of carbonyl (C=O) groups is 1. The second-order valence-corrected chi connectivity index (χ2v) is 10.7. The van der Waals surface area contributed by atoms with Gasteiger partial charge < -0.3 is 15.0 Å². The number of aryl methyl sites for hydroxylation is 3. The minimum Gasteiger partial charge on any atom is -0.496 e. The number of carbonyl (C=O) groups excluding carboxylic acids is 1. The minimum absolute atomic E-state index is 0.0471. The number of hydrogen-bond donors (Lipinski definition) is 1. The van der Waals surface area contributed by atoms with E-state index in [1.807, 2.05) is 50.8 Å². The average Bonchev–Trinajstić information content (AvgIpc) is 3.64. The molecule has 1 N–H and O–H groups in total. The van der Waals surface area contributed by atoms with Crippen LogP contribution in [0.4, 0.5) is 5.69 Å². The van der Waals surface area contributed by atoms with E-state index in [9.17, 15) is 4.79 Å². The molecule has 2 heterocycles. The average molecular weight is 502 g/mol. The first-order valence-corrected chi connectivity index (χ1v) is 13.4. The van der Waals surface area contributed by atoms with Crippen LogP contribution in [0, 0.1) is 19.8 Å². The fourth-order valence-corrected chi connectivity index (χ4v) is 5.33. The second kappa shape index (κ2) is 10.6. The summed E-state index contributed by atoms with van der Waals surface area (Å²) in [6.07, 6.45) is 4.80. The number of rotatable bonds is 8. The van der Waals surface area contributed by atoms with Crippen LogP contribution in [-0.4, -0.2) is 60.4 Å². The van der Waals surface area contributed by atoms with Gasteiger partial charge in [-0.15, -0.1) is 0 Å². The van der Waals surface area contributed by atoms with E-state index in [0.717, 1.165) is 77.0 Å². The van der Waals surface area contributed by atoms with E-state index in [1.54, 1.807) is 7.11 Å². The number of nitrogens with one attached hydrogen (secondary N) is 1. The Labute approximate surface area is 220 Å². The summed E-state index contributed by atoms with van der Waals surface area (Å²) in [5, 5.41) is 7.71. The lowest BCUT2D eigenvalue weighted by Gasteiger charge is -2.36. The van der Waals surface area contributed by atoms with Gasteiger partial charge in [-0.1, -0.05) is 12.1 Å². The first-order valence-electron chi connectivity index (χ1n) is 13.4. The number of hydrogen-bond acceptors (Lipinski definition) is 5. The van der Waals surface area contributed by atoms with Gasteiger partial charge in [0.2, 0.25) is 0 Å². The van der Waals surface area contributed by atoms with E-state index in [2.05, 4.69) is 44.5 Å². The van der Waals surface area contributed by atoms with Crippen LogP contribution >= 0.6 is 0 Å². The van der Waals surface area contributed by atoms with Gasteiger partial charge in [-0.2, -0.15) is 5.10 Å². The van der Waals surface area contributed by atoms with Crippen LogP contribution in [-0.2, 0) is 7.05 Å². The van der Waals surface area contributed by atoms with Crippen molar-refractivity contribution in [1.82, 2.24) is 20.0 Å². The van der Waals surface area contributed by atoms with Gasteiger partial charge in [0.05, 0.1) is 18.8 Å². The van der Waals surface area contributed by atoms with Gasteiger partial charge in [0.15, 0.2) is 0 Å². The molecule has 1 aliphatic heterocycles. The molecule has 1 atom stereocenters. The molecular formula is C30H39N5O2. The maximum Gasteiger partial charge on any atom is 0.252 e. The van der Waals surface area contributed by atoms with Crippen LogP contribution in [0.5, 0.6) is 5.75 Å². The SMILES string of the molecule is COc1ccc(C(C)NC(=O)c2cc(N3CCN(CC4CC4)CC3)ccc2C)cc1-c1cn(C)nc1C. The van der Waals surface area contributed by atoms with Crippen molar-refractivity contribution in [3.05, 3.63) is 65.0 Å². The Morgan fingerprint density at radius 3 is 2.49 bits per heavy atom. The lowest BCUT2D eigenvalue weighted by molar-refractivity contribution is 0.0939. The third-order valence-corrected chi connectivity index (χ3v) is 7.79. The van der Waals surface area contributed by atoms with E-state index in [4.69, 9.17) is 4.74 Å². The molecule has 0 bridgehead atoms. The molecule has 1 saturated heterocycles. The topological polar surface area (TPSA) is 62.6 Å². The number of nitrogens with zero attached hydrogens (tertiary/aromatic N) is 4. The molecule has 1 unspecified atom stereocenters. The molecule has 1 saturated carbocycles. The fourth-order valence-electron chi connectivity index (χ4n) is 5.33. The number of benzene rings is 2. The zero-order valence-corrected chi connectivity index (χ0v) is 22.8. The summed E-state index contributed by atoms with van der Waals surface area (Å²) in [4.78, 5) is 18.4. The third kappa shape index (κ3) is 5.67. The standard InChI is InChI=1S/C30H39N5O2/c1-20-6-10-25(35-14-12-34(13-15-35)18-23-7-8-23)17-26(20)30(36)31-21(2)24-9-11-29(37-5)27(16-24)28-19-33(4)32-22(28)3/h6,9-11,16-17,19,21,23H,7-8,12-15,18H2,1-5H3,(H,31,36). The number of ether oxygens (including phenoxy) is 1. The lowest BCUT2D eigenvalue weighted by atomic mass is 9.99. The number of anilines is 1. The number of amides is 1. The van der Waals surface area contributed by atoms with Gasteiger partial charge in [0.1, 0.15) is 5.75 Å². The summed E-state index contributed by atoms with van der Waals surface area (Å²) in [6, 6.07) is 12.2. The van der Waals surface area contributed by atoms with Crippen molar-refractivity contribution in [3.63, 3.8) is 0 Å². The Bertz CT molecular complexity index is 1270. The Hall–Kier alpha value is -3.32. The highest BCUT2D eigenvalue weighted by atomic mass is 16.5. The largest absolute Gasteiger partial charge is 0.496 e. The summed E-state index contributed by atoms with van der Waals surface area (Å²) in [7, 11) is 3.60. The molecule has 3 aromatic rings. The van der Waals surface area contributed by atoms with Crippen LogP contribution < -0.4 is 15.0 Å². The molecule has 7 nitrogen and oxygen atoms in total. The van der Waals surface area contributed by atoms with E-state index < -0.39 is 0 Å². The van der Waals surface area contributed by atoms with Crippen LogP contribution in [0.2, 0.25) is 0 Å². The summed E-state index contributed by atoms with van der Waals surface area (Å²) < 4.78 is 7.44. The molecule has 1 aromatic heterocycles. The highest BCUT2D eigenvalue weighted by Crippen LogP contribution is 2.34. The van der Waals surface area contributed by atoms with Gasteiger partial charge in [-0.25, -0.2) is 0 Å². The van der Waals surface area contributed by atoms with E-state index >= 15 is 0 Å². The fraction of sp³-hybridized carbons (Fsp3) is 0.467. The van der Waals surface area contributed by atoms with Crippen molar-refractivity contribution in [2.75, 3.05) is 44.7 Å². The van der Waals surface area contributed by atoms with Gasteiger partial charge >= 0.3 is 0 Å². The lowest BCUT2D eigenvalue weighted by Crippen LogP contribution is -2.47. The van der Waals surface area contributed by atoms with Crippen LogP contribution in [0.15, 0.2) is 42.6 Å². The van der Waals surface area contributed by atoms with Crippen molar-refractivity contribution in [2.45, 2.75) is 39.7 Å².